The van der Waals surface area contributed by atoms with Crippen molar-refractivity contribution in [3.63, 3.8) is 0 Å². The van der Waals surface area contributed by atoms with Crippen LogP contribution in [0.2, 0.25) is 0 Å². The second kappa shape index (κ2) is 7.63. The molecule has 0 aliphatic carbocycles. The van der Waals surface area contributed by atoms with Crippen molar-refractivity contribution in [2.75, 3.05) is 11.6 Å². The molecule has 0 spiro atoms. The molecule has 1 N–H and O–H groups in total. The van der Waals surface area contributed by atoms with Crippen LogP contribution in [-0.2, 0) is 23.3 Å². The largest absolute Gasteiger partial charge is 0.487 e. The van der Waals surface area contributed by atoms with Gasteiger partial charge in [-0.1, -0.05) is 0 Å². The normalized spacial score (nSPS) is 14.5. The van der Waals surface area contributed by atoms with E-state index in [4.69, 9.17) is 9.47 Å². The van der Waals surface area contributed by atoms with Crippen LogP contribution >= 0.6 is 0 Å². The third-order valence-corrected chi connectivity index (χ3v) is 6.07. The number of benzene rings is 2. The molecule has 0 atom stereocenters. The topological polar surface area (TPSA) is 99.5 Å². The molecule has 3 aromatic rings. The zero-order valence-corrected chi connectivity index (χ0v) is 18.8. The fourth-order valence-electron chi connectivity index (χ4n) is 3.48. The molecule has 0 bridgehead atoms. The van der Waals surface area contributed by atoms with Gasteiger partial charge >= 0.3 is 0 Å². The molecule has 8 nitrogen and oxygen atoms in total. The molecule has 1 aromatic heterocycles. The van der Waals surface area contributed by atoms with Crippen LogP contribution in [0.4, 0.5) is 10.2 Å². The van der Waals surface area contributed by atoms with Crippen molar-refractivity contribution < 1.29 is 27.1 Å². The molecule has 0 radical (unpaired) electrons. The first-order valence-corrected chi connectivity index (χ1v) is 11.7. The zero-order chi connectivity index (χ0) is 23.3. The third-order valence-electron chi connectivity index (χ3n) is 4.94. The summed E-state index contributed by atoms with van der Waals surface area (Å²) in [6.45, 7) is 3.70. The molecule has 0 saturated carbocycles. The molecule has 10 heteroatoms. The highest BCUT2D eigenvalue weighted by Crippen LogP contribution is 2.45. The van der Waals surface area contributed by atoms with Gasteiger partial charge in [0.2, 0.25) is 0 Å². The van der Waals surface area contributed by atoms with Gasteiger partial charge in [-0.3, -0.25) is 9.48 Å². The number of amides is 1. The molecule has 0 saturated heterocycles. The average Bonchev–Trinajstić information content (AvgIpc) is 3.24. The molecule has 2 aromatic carbocycles. The van der Waals surface area contributed by atoms with Crippen LogP contribution in [-0.4, -0.2) is 36.0 Å². The number of hydrogen-bond donors (Lipinski definition) is 1. The van der Waals surface area contributed by atoms with Crippen molar-refractivity contribution in [2.45, 2.75) is 30.8 Å². The first-order chi connectivity index (χ1) is 14.9. The Morgan fingerprint density at radius 1 is 1.25 bits per heavy atom. The van der Waals surface area contributed by atoms with Gasteiger partial charge in [0.1, 0.15) is 17.1 Å². The smallest absolute Gasteiger partial charge is 0.260 e. The number of hydrogen-bond acceptors (Lipinski definition) is 6. The molecular weight excluding hydrogens is 437 g/mol. The van der Waals surface area contributed by atoms with Crippen LogP contribution < -0.4 is 14.8 Å². The number of carbonyl (C=O) groups excluding carboxylic acids is 1. The molecule has 32 heavy (non-hydrogen) atoms. The highest BCUT2D eigenvalue weighted by molar-refractivity contribution is 7.90. The van der Waals surface area contributed by atoms with E-state index in [1.54, 1.807) is 19.3 Å². The zero-order valence-electron chi connectivity index (χ0n) is 18.0. The maximum Gasteiger partial charge on any atom is 0.260 e. The van der Waals surface area contributed by atoms with Crippen LogP contribution in [0.5, 0.6) is 17.2 Å². The van der Waals surface area contributed by atoms with Crippen molar-refractivity contribution in [3.8, 4) is 17.2 Å². The number of halogens is 1. The Balaban J connectivity index is 1.73. The third kappa shape index (κ3) is 4.31. The van der Waals surface area contributed by atoms with Gasteiger partial charge in [-0.05, 0) is 44.2 Å². The Bertz CT molecular complexity index is 1310. The van der Waals surface area contributed by atoms with Gasteiger partial charge in [-0.25, -0.2) is 12.8 Å². The number of fused-ring (bicyclic) bond motifs is 1. The minimum atomic E-state index is -3.38. The molecule has 0 unspecified atom stereocenters. The number of carbonyl (C=O) groups is 1. The summed E-state index contributed by atoms with van der Waals surface area (Å²) >= 11 is 0. The summed E-state index contributed by atoms with van der Waals surface area (Å²) in [5, 5.41) is 6.63. The van der Waals surface area contributed by atoms with E-state index in [1.165, 1.54) is 35.0 Å². The lowest BCUT2D eigenvalue weighted by atomic mass is 9.99. The van der Waals surface area contributed by atoms with Crippen LogP contribution in [0.25, 0.3) is 0 Å². The number of nitrogens with one attached hydrogen (secondary N) is 1. The number of aryl methyl sites for hydroxylation is 1. The number of aromatic nitrogens is 2. The number of nitrogens with zero attached hydrogens (tertiary/aromatic N) is 2. The summed E-state index contributed by atoms with van der Waals surface area (Å²) in [7, 11) is -1.68. The van der Waals surface area contributed by atoms with Gasteiger partial charge in [-0.2, -0.15) is 5.10 Å². The maximum atomic E-state index is 15.5. The molecule has 1 amide bonds. The SMILES string of the molecule is Cn1ccc(NC(=O)c2cc3c(c(Oc4ccc(S(C)(=O)=O)cc4)c2F)CC(C)(C)O3)n1. The minimum Gasteiger partial charge on any atom is -0.487 e. The summed E-state index contributed by atoms with van der Waals surface area (Å²) in [5.41, 5.74) is -0.368. The number of ether oxygens (including phenoxy) is 2. The first kappa shape index (κ1) is 21.8. The van der Waals surface area contributed by atoms with Gasteiger partial charge in [0, 0.05) is 37.6 Å². The second-order valence-corrected chi connectivity index (χ2v) is 10.3. The van der Waals surface area contributed by atoms with Gasteiger partial charge in [0.15, 0.2) is 27.2 Å². The van der Waals surface area contributed by atoms with E-state index in [9.17, 15) is 13.2 Å². The quantitative estimate of drug-likeness (QED) is 0.624. The first-order valence-electron chi connectivity index (χ1n) is 9.76. The standard InChI is InChI=1S/C22H22FN3O5S/c1-22(2)12-16-17(31-22)11-15(21(27)24-18-9-10-26(3)25-18)19(23)20(16)30-13-5-7-14(8-6-13)32(4,28)29/h5-11H,12H2,1-4H3,(H,24,25,27). The molecule has 4 rings (SSSR count). The fraction of sp³-hybridized carbons (Fsp3) is 0.273. The summed E-state index contributed by atoms with van der Waals surface area (Å²) in [6.07, 6.45) is 3.12. The lowest BCUT2D eigenvalue weighted by Crippen LogP contribution is -2.24. The van der Waals surface area contributed by atoms with Crippen molar-refractivity contribution in [2.24, 2.45) is 7.05 Å². The highest BCUT2D eigenvalue weighted by Gasteiger charge is 2.36. The van der Waals surface area contributed by atoms with Crippen LogP contribution in [0.3, 0.4) is 0 Å². The monoisotopic (exact) mass is 459 g/mol. The summed E-state index contributed by atoms with van der Waals surface area (Å²) in [6, 6.07) is 8.57. The van der Waals surface area contributed by atoms with Gasteiger partial charge in [0.05, 0.1) is 10.5 Å². The molecule has 168 valence electrons. The Morgan fingerprint density at radius 3 is 2.53 bits per heavy atom. The molecule has 1 aliphatic heterocycles. The minimum absolute atomic E-state index is 0.114. The van der Waals surface area contributed by atoms with E-state index in [0.29, 0.717) is 17.7 Å². The summed E-state index contributed by atoms with van der Waals surface area (Å²) < 4.78 is 52.1. The van der Waals surface area contributed by atoms with Crippen molar-refractivity contribution >= 4 is 21.6 Å². The molecule has 2 heterocycles. The van der Waals surface area contributed by atoms with E-state index >= 15 is 4.39 Å². The Hall–Kier alpha value is -3.40. The van der Waals surface area contributed by atoms with Crippen LogP contribution in [0.1, 0.15) is 29.8 Å². The van der Waals surface area contributed by atoms with Crippen molar-refractivity contribution in [1.82, 2.24) is 9.78 Å². The van der Waals surface area contributed by atoms with E-state index in [0.717, 1.165) is 6.26 Å². The second-order valence-electron chi connectivity index (χ2n) is 8.26. The number of sulfone groups is 1. The highest BCUT2D eigenvalue weighted by atomic mass is 32.2. The Labute approximate surface area is 184 Å². The van der Waals surface area contributed by atoms with Gasteiger partial charge in [-0.15, -0.1) is 0 Å². The van der Waals surface area contributed by atoms with E-state index in [-0.39, 0.29) is 27.8 Å². The van der Waals surface area contributed by atoms with E-state index in [1.807, 2.05) is 13.8 Å². The van der Waals surface area contributed by atoms with Crippen molar-refractivity contribution in [3.05, 3.63) is 59.5 Å². The Kier molecular flexibility index (Phi) is 5.20. The van der Waals surface area contributed by atoms with Crippen LogP contribution in [0, 0.1) is 5.82 Å². The fourth-order valence-corrected chi connectivity index (χ4v) is 4.11. The molecule has 1 aliphatic rings. The molecule has 0 fully saturated rings. The Morgan fingerprint density at radius 2 is 1.94 bits per heavy atom. The average molecular weight is 459 g/mol. The predicted octanol–water partition coefficient (Wildman–Crippen LogP) is 3.72. The summed E-state index contributed by atoms with van der Waals surface area (Å²) in [4.78, 5) is 12.9. The maximum absolute atomic E-state index is 15.5. The lowest BCUT2D eigenvalue weighted by Gasteiger charge is -2.16. The lowest BCUT2D eigenvalue weighted by molar-refractivity contribution is 0.102. The van der Waals surface area contributed by atoms with Crippen molar-refractivity contribution in [1.29, 1.82) is 0 Å². The summed E-state index contributed by atoms with van der Waals surface area (Å²) in [5.74, 6) is -0.820. The van der Waals surface area contributed by atoms with Crippen LogP contribution in [0.15, 0.2) is 47.5 Å². The predicted molar refractivity (Wildman–Crippen MR) is 116 cm³/mol. The van der Waals surface area contributed by atoms with Gasteiger partial charge < -0.3 is 14.8 Å². The van der Waals surface area contributed by atoms with E-state index < -0.39 is 27.2 Å². The molecular formula is C22H22FN3O5S. The number of rotatable bonds is 5. The van der Waals surface area contributed by atoms with Gasteiger partial charge in [0.25, 0.3) is 5.91 Å². The number of anilines is 1. The van der Waals surface area contributed by atoms with E-state index in [2.05, 4.69) is 10.4 Å².